The van der Waals surface area contributed by atoms with Gasteiger partial charge in [-0.15, -0.1) is 0 Å². The maximum absolute atomic E-state index is 13.2. The van der Waals surface area contributed by atoms with Crippen LogP contribution in [0.1, 0.15) is 12.8 Å². The largest absolute Gasteiger partial charge is 0.368 e. The Hall–Kier alpha value is -2.63. The third kappa shape index (κ3) is 4.32. The summed E-state index contributed by atoms with van der Waals surface area (Å²) in [5.41, 5.74) is 1.93. The fraction of sp³-hybridized carbons (Fsp3) is 0.409. The molecule has 1 amide bonds. The molecule has 2 aliphatic heterocycles. The monoisotopic (exact) mass is 489 g/mol. The fourth-order valence-corrected chi connectivity index (χ4v) is 6.79. The highest BCUT2D eigenvalue weighted by molar-refractivity contribution is 7.89. The lowest BCUT2D eigenvalue weighted by atomic mass is 9.96. The molecule has 0 unspecified atom stereocenters. The van der Waals surface area contributed by atoms with Crippen molar-refractivity contribution in [3.8, 4) is 0 Å². The Morgan fingerprint density at radius 1 is 0.939 bits per heavy atom. The van der Waals surface area contributed by atoms with Gasteiger partial charge in [-0.1, -0.05) is 6.07 Å². The van der Waals surface area contributed by atoms with Gasteiger partial charge in [0.05, 0.1) is 11.7 Å². The quantitative estimate of drug-likeness (QED) is 0.560. The Labute approximate surface area is 196 Å². The zero-order valence-corrected chi connectivity index (χ0v) is 19.6. The molecule has 0 spiro atoms. The first-order valence-corrected chi connectivity index (χ1v) is 13.1. The summed E-state index contributed by atoms with van der Waals surface area (Å²) >= 11 is 0.996. The van der Waals surface area contributed by atoms with Gasteiger partial charge in [-0.2, -0.15) is 13.1 Å². The second-order valence-electron chi connectivity index (χ2n) is 8.36. The smallest absolute Gasteiger partial charge is 0.245 e. The first-order valence-electron chi connectivity index (χ1n) is 10.9. The number of piperidine rings is 1. The average molecular weight is 490 g/mol. The number of piperazine rings is 1. The highest BCUT2D eigenvalue weighted by atomic mass is 32.2. The van der Waals surface area contributed by atoms with Crippen LogP contribution in [0.5, 0.6) is 0 Å². The first kappa shape index (κ1) is 22.2. The highest BCUT2D eigenvalue weighted by Gasteiger charge is 2.35. The van der Waals surface area contributed by atoms with Crippen LogP contribution in [0.25, 0.3) is 11.0 Å². The number of carbonyl (C=O) groups is 1. The van der Waals surface area contributed by atoms with Crippen LogP contribution in [-0.4, -0.2) is 71.5 Å². The van der Waals surface area contributed by atoms with E-state index >= 15 is 0 Å². The topological polar surface area (TPSA) is 86.7 Å². The van der Waals surface area contributed by atoms with E-state index in [1.54, 1.807) is 30.3 Å². The Balaban J connectivity index is 1.19. The molecule has 174 valence electrons. The van der Waals surface area contributed by atoms with Gasteiger partial charge in [-0.05, 0) is 49.2 Å². The van der Waals surface area contributed by atoms with E-state index in [9.17, 15) is 17.6 Å². The van der Waals surface area contributed by atoms with Crippen molar-refractivity contribution in [2.75, 3.05) is 44.2 Å². The van der Waals surface area contributed by atoms with E-state index in [0.29, 0.717) is 63.1 Å². The lowest BCUT2D eigenvalue weighted by molar-refractivity contribution is -0.137. The number of sulfonamides is 1. The number of nitrogens with zero attached hydrogens (tertiary/aromatic N) is 5. The molecule has 0 atom stereocenters. The molecule has 2 fully saturated rings. The number of carbonyl (C=O) groups excluding carboxylic acids is 1. The molecule has 8 nitrogen and oxygen atoms in total. The lowest BCUT2D eigenvalue weighted by Gasteiger charge is -2.39. The molecular weight excluding hydrogens is 465 g/mol. The van der Waals surface area contributed by atoms with E-state index in [4.69, 9.17) is 0 Å². The van der Waals surface area contributed by atoms with E-state index in [1.165, 1.54) is 16.4 Å². The van der Waals surface area contributed by atoms with Crippen LogP contribution in [0.3, 0.4) is 0 Å². The number of hydrogen-bond acceptors (Lipinski definition) is 7. The minimum atomic E-state index is -3.69. The van der Waals surface area contributed by atoms with Gasteiger partial charge in [0.2, 0.25) is 15.9 Å². The van der Waals surface area contributed by atoms with Crippen LogP contribution in [0.15, 0.2) is 47.4 Å². The second kappa shape index (κ2) is 8.96. The van der Waals surface area contributed by atoms with Crippen molar-refractivity contribution in [1.29, 1.82) is 0 Å². The van der Waals surface area contributed by atoms with Gasteiger partial charge in [0.15, 0.2) is 0 Å². The fourth-order valence-electron chi connectivity index (χ4n) is 4.57. The van der Waals surface area contributed by atoms with Crippen LogP contribution in [0, 0.1) is 11.7 Å². The summed E-state index contributed by atoms with van der Waals surface area (Å²) in [6.07, 6.45) is 1.00. The number of rotatable bonds is 4. The Bertz CT molecular complexity index is 1250. The number of halogens is 1. The van der Waals surface area contributed by atoms with Crippen molar-refractivity contribution in [3.63, 3.8) is 0 Å². The molecule has 0 bridgehead atoms. The van der Waals surface area contributed by atoms with Crippen molar-refractivity contribution in [3.05, 3.63) is 48.3 Å². The number of fused-ring (bicyclic) bond motifs is 1. The minimum Gasteiger partial charge on any atom is -0.368 e. The van der Waals surface area contributed by atoms with Crippen LogP contribution in [-0.2, 0) is 14.8 Å². The zero-order valence-electron chi connectivity index (χ0n) is 17.9. The predicted octanol–water partition coefficient (Wildman–Crippen LogP) is 2.58. The van der Waals surface area contributed by atoms with Gasteiger partial charge in [0, 0.05) is 50.9 Å². The van der Waals surface area contributed by atoms with Crippen LogP contribution >= 0.6 is 11.7 Å². The number of benzene rings is 2. The van der Waals surface area contributed by atoms with Crippen molar-refractivity contribution in [2.45, 2.75) is 17.7 Å². The lowest BCUT2D eigenvalue weighted by Crippen LogP contribution is -2.52. The van der Waals surface area contributed by atoms with E-state index in [0.717, 1.165) is 17.4 Å². The van der Waals surface area contributed by atoms with Gasteiger partial charge >= 0.3 is 0 Å². The zero-order chi connectivity index (χ0) is 23.0. The Morgan fingerprint density at radius 2 is 1.64 bits per heavy atom. The molecule has 3 heterocycles. The molecule has 0 aliphatic carbocycles. The molecule has 11 heteroatoms. The molecular formula is C22H24FN5O3S2. The molecule has 2 saturated heterocycles. The maximum atomic E-state index is 13.2. The Kier molecular flexibility index (Phi) is 6.02. The molecule has 3 aromatic rings. The number of anilines is 1. The minimum absolute atomic E-state index is 0.0941. The molecule has 2 aliphatic rings. The van der Waals surface area contributed by atoms with Gasteiger partial charge in [0.25, 0.3) is 0 Å². The molecule has 0 saturated carbocycles. The molecule has 33 heavy (non-hydrogen) atoms. The SMILES string of the molecule is O=C(C1CCN(S(=O)(=O)c2cccc3nsnc23)CC1)N1CCN(c2ccc(F)cc2)CC1. The Morgan fingerprint density at radius 3 is 2.33 bits per heavy atom. The highest BCUT2D eigenvalue weighted by Crippen LogP contribution is 2.29. The molecule has 2 aromatic carbocycles. The molecule has 5 rings (SSSR count). The van der Waals surface area contributed by atoms with E-state index in [1.807, 2.05) is 4.90 Å². The van der Waals surface area contributed by atoms with Gasteiger partial charge in [-0.3, -0.25) is 4.79 Å². The average Bonchev–Trinajstić information content (AvgIpc) is 3.33. The predicted molar refractivity (Wildman–Crippen MR) is 124 cm³/mol. The summed E-state index contributed by atoms with van der Waals surface area (Å²) in [7, 11) is -3.69. The summed E-state index contributed by atoms with van der Waals surface area (Å²) in [6, 6.07) is 11.4. The van der Waals surface area contributed by atoms with Crippen molar-refractivity contribution < 1.29 is 17.6 Å². The van der Waals surface area contributed by atoms with Crippen molar-refractivity contribution in [2.24, 2.45) is 5.92 Å². The summed E-state index contributed by atoms with van der Waals surface area (Å²) in [4.78, 5) is 17.3. The normalized spacial score (nSPS) is 18.7. The van der Waals surface area contributed by atoms with E-state index in [-0.39, 0.29) is 22.5 Å². The van der Waals surface area contributed by atoms with Crippen molar-refractivity contribution in [1.82, 2.24) is 18.0 Å². The third-order valence-corrected chi connectivity index (χ3v) is 8.93. The standard InChI is InChI=1S/C22H24FN5O3S2/c23-17-4-6-18(7-5-17)26-12-14-27(15-13-26)22(29)16-8-10-28(11-9-16)33(30,31)20-3-1-2-19-21(20)25-32-24-19/h1-7,16H,8-15H2. The van der Waals surface area contributed by atoms with Crippen LogP contribution in [0.4, 0.5) is 10.1 Å². The number of aromatic nitrogens is 2. The summed E-state index contributed by atoms with van der Waals surface area (Å²) in [5, 5.41) is 0. The summed E-state index contributed by atoms with van der Waals surface area (Å²) in [6.45, 7) is 3.21. The van der Waals surface area contributed by atoms with Crippen LogP contribution < -0.4 is 4.90 Å². The summed E-state index contributed by atoms with van der Waals surface area (Å²) < 4.78 is 49.3. The van der Waals surface area contributed by atoms with E-state index < -0.39 is 10.0 Å². The number of amides is 1. The first-order chi connectivity index (χ1) is 15.9. The second-order valence-corrected chi connectivity index (χ2v) is 10.8. The van der Waals surface area contributed by atoms with Crippen molar-refractivity contribution >= 4 is 44.4 Å². The molecule has 0 N–H and O–H groups in total. The molecule has 0 radical (unpaired) electrons. The van der Waals surface area contributed by atoms with Gasteiger partial charge in [-0.25, -0.2) is 12.8 Å². The van der Waals surface area contributed by atoms with E-state index in [2.05, 4.69) is 13.6 Å². The third-order valence-electron chi connectivity index (χ3n) is 6.45. The summed E-state index contributed by atoms with van der Waals surface area (Å²) in [5.74, 6) is -0.344. The van der Waals surface area contributed by atoms with Crippen LogP contribution in [0.2, 0.25) is 0 Å². The van der Waals surface area contributed by atoms with Gasteiger partial charge in [0.1, 0.15) is 21.7 Å². The number of hydrogen-bond donors (Lipinski definition) is 0. The van der Waals surface area contributed by atoms with Gasteiger partial charge < -0.3 is 9.80 Å². The maximum Gasteiger partial charge on any atom is 0.245 e. The molecule has 1 aromatic heterocycles.